The van der Waals surface area contributed by atoms with Crippen LogP contribution in [-0.4, -0.2) is 9.61 Å². The van der Waals surface area contributed by atoms with Crippen molar-refractivity contribution < 1.29 is 13.2 Å². The van der Waals surface area contributed by atoms with Gasteiger partial charge in [0.05, 0.1) is 5.52 Å². The van der Waals surface area contributed by atoms with E-state index < -0.39 is 17.2 Å². The highest BCUT2D eigenvalue weighted by atomic mass is 19.4. The van der Waals surface area contributed by atoms with E-state index in [1.165, 1.54) is 4.52 Å². The van der Waals surface area contributed by atoms with Gasteiger partial charge in [-0.05, 0) is 6.07 Å². The van der Waals surface area contributed by atoms with E-state index in [1.54, 1.807) is 6.07 Å². The second-order valence-electron chi connectivity index (χ2n) is 5.26. The van der Waals surface area contributed by atoms with E-state index in [-0.39, 0.29) is 5.41 Å². The quantitative estimate of drug-likeness (QED) is 0.775. The van der Waals surface area contributed by atoms with E-state index in [2.05, 4.69) is 5.10 Å². The van der Waals surface area contributed by atoms with Gasteiger partial charge in [0.15, 0.2) is 5.43 Å². The minimum atomic E-state index is -4.63. The number of halogens is 3. The monoisotopic (exact) mass is 258 g/mol. The Kier molecular flexibility index (Phi) is 2.57. The van der Waals surface area contributed by atoms with Crippen LogP contribution < -0.4 is 5.43 Å². The number of nitrogens with one attached hydrogen (secondary N) is 1. The van der Waals surface area contributed by atoms with E-state index in [1.807, 2.05) is 20.8 Å². The van der Waals surface area contributed by atoms with E-state index in [9.17, 15) is 18.0 Å². The van der Waals surface area contributed by atoms with Crippen LogP contribution >= 0.6 is 0 Å². The van der Waals surface area contributed by atoms with Crippen molar-refractivity contribution >= 4 is 5.52 Å². The van der Waals surface area contributed by atoms with E-state index in [4.69, 9.17) is 0 Å². The number of aromatic amines is 1. The van der Waals surface area contributed by atoms with Crippen molar-refractivity contribution in [1.29, 1.82) is 0 Å². The molecule has 0 aromatic carbocycles. The zero-order valence-electron chi connectivity index (χ0n) is 10.2. The SMILES string of the molecule is CC(C)(C)c1cc2cc(=O)c(C(F)(F)F)cn2[nH]1. The van der Waals surface area contributed by atoms with Crippen molar-refractivity contribution in [3.8, 4) is 0 Å². The van der Waals surface area contributed by atoms with Gasteiger partial charge in [0.2, 0.25) is 0 Å². The number of fused-ring (bicyclic) bond motifs is 1. The van der Waals surface area contributed by atoms with Crippen molar-refractivity contribution in [3.63, 3.8) is 0 Å². The molecule has 2 aromatic heterocycles. The molecule has 0 saturated heterocycles. The number of alkyl halides is 3. The minimum absolute atomic E-state index is 0.229. The smallest absolute Gasteiger partial charge is 0.298 e. The zero-order chi connectivity index (χ0) is 13.7. The Bertz CT molecular complexity index is 644. The zero-order valence-corrected chi connectivity index (χ0v) is 10.2. The number of hydrogen-bond donors (Lipinski definition) is 1. The normalized spacial score (nSPS) is 13.2. The summed E-state index contributed by atoms with van der Waals surface area (Å²) >= 11 is 0. The first-order valence-corrected chi connectivity index (χ1v) is 5.42. The van der Waals surface area contributed by atoms with E-state index >= 15 is 0 Å². The fourth-order valence-corrected chi connectivity index (χ4v) is 1.66. The van der Waals surface area contributed by atoms with Crippen LogP contribution in [0.15, 0.2) is 23.1 Å². The molecule has 0 atom stereocenters. The molecule has 0 unspecified atom stereocenters. The van der Waals surface area contributed by atoms with Crippen LogP contribution in [0.2, 0.25) is 0 Å². The first-order valence-electron chi connectivity index (χ1n) is 5.42. The summed E-state index contributed by atoms with van der Waals surface area (Å²) in [4.78, 5) is 11.4. The molecular weight excluding hydrogens is 245 g/mol. The number of aromatic nitrogens is 2. The molecule has 0 saturated carbocycles. The fourth-order valence-electron chi connectivity index (χ4n) is 1.66. The Labute approximate surface area is 101 Å². The lowest BCUT2D eigenvalue weighted by molar-refractivity contribution is -0.138. The number of nitrogens with zero attached hydrogens (tertiary/aromatic N) is 1. The van der Waals surface area contributed by atoms with E-state index in [0.29, 0.717) is 5.52 Å². The third kappa shape index (κ3) is 2.14. The average molecular weight is 258 g/mol. The maximum absolute atomic E-state index is 12.6. The Hall–Kier alpha value is -1.72. The topological polar surface area (TPSA) is 37.3 Å². The van der Waals surface area contributed by atoms with Crippen LogP contribution in [0.4, 0.5) is 13.2 Å². The fraction of sp³-hybridized carbons (Fsp3) is 0.417. The summed E-state index contributed by atoms with van der Waals surface area (Å²) in [5.41, 5.74) is -1.21. The van der Waals surface area contributed by atoms with Crippen molar-refractivity contribution in [3.05, 3.63) is 39.8 Å². The Morgan fingerprint density at radius 2 is 1.78 bits per heavy atom. The molecule has 1 N–H and O–H groups in total. The molecule has 98 valence electrons. The molecule has 0 radical (unpaired) electrons. The molecule has 0 bridgehead atoms. The third-order valence-corrected chi connectivity index (χ3v) is 2.73. The molecule has 6 heteroatoms. The summed E-state index contributed by atoms with van der Waals surface area (Å²) in [5.74, 6) is 0. The molecule has 0 fully saturated rings. The molecule has 18 heavy (non-hydrogen) atoms. The maximum Gasteiger partial charge on any atom is 0.421 e. The molecule has 2 rings (SSSR count). The highest BCUT2D eigenvalue weighted by Crippen LogP contribution is 2.27. The van der Waals surface area contributed by atoms with Gasteiger partial charge in [-0.3, -0.25) is 14.4 Å². The minimum Gasteiger partial charge on any atom is -0.298 e. The molecule has 0 aliphatic heterocycles. The van der Waals surface area contributed by atoms with Gasteiger partial charge < -0.3 is 0 Å². The molecule has 2 aromatic rings. The predicted octanol–water partition coefficient (Wildman–Crippen LogP) is 2.94. The first-order chi connectivity index (χ1) is 8.09. The van der Waals surface area contributed by atoms with Crippen LogP contribution in [0.25, 0.3) is 5.52 Å². The van der Waals surface area contributed by atoms with Crippen molar-refractivity contribution in [2.45, 2.75) is 32.4 Å². The second-order valence-corrected chi connectivity index (χ2v) is 5.26. The van der Waals surface area contributed by atoms with Crippen LogP contribution in [-0.2, 0) is 11.6 Å². The van der Waals surface area contributed by atoms with Gasteiger partial charge in [-0.15, -0.1) is 0 Å². The van der Waals surface area contributed by atoms with Crippen LogP contribution in [0.3, 0.4) is 0 Å². The Balaban J connectivity index is 2.70. The Morgan fingerprint density at radius 3 is 2.28 bits per heavy atom. The number of rotatable bonds is 0. The van der Waals surface area contributed by atoms with Crippen LogP contribution in [0.5, 0.6) is 0 Å². The summed E-state index contributed by atoms with van der Waals surface area (Å²) in [6.07, 6.45) is -3.84. The molecule has 3 nitrogen and oxygen atoms in total. The molecule has 2 heterocycles. The third-order valence-electron chi connectivity index (χ3n) is 2.73. The van der Waals surface area contributed by atoms with Crippen LogP contribution in [0, 0.1) is 0 Å². The van der Waals surface area contributed by atoms with Crippen molar-refractivity contribution in [2.75, 3.05) is 0 Å². The van der Waals surface area contributed by atoms with Gasteiger partial charge in [-0.1, -0.05) is 20.8 Å². The number of H-pyrrole nitrogens is 1. The lowest BCUT2D eigenvalue weighted by atomic mass is 9.92. The van der Waals surface area contributed by atoms with Crippen molar-refractivity contribution in [1.82, 2.24) is 9.61 Å². The highest BCUT2D eigenvalue weighted by Gasteiger charge is 2.34. The summed E-state index contributed by atoms with van der Waals surface area (Å²) < 4.78 is 39.0. The van der Waals surface area contributed by atoms with E-state index in [0.717, 1.165) is 18.0 Å². The highest BCUT2D eigenvalue weighted by molar-refractivity contribution is 5.49. The van der Waals surface area contributed by atoms with Gasteiger partial charge in [-0.25, -0.2) is 0 Å². The maximum atomic E-state index is 12.6. The Morgan fingerprint density at radius 1 is 1.17 bits per heavy atom. The predicted molar refractivity (Wildman–Crippen MR) is 61.7 cm³/mol. The summed E-state index contributed by atoms with van der Waals surface area (Å²) in [6.45, 7) is 5.79. The van der Waals surface area contributed by atoms with Crippen molar-refractivity contribution in [2.24, 2.45) is 0 Å². The lowest BCUT2D eigenvalue weighted by Gasteiger charge is -2.15. The molecule has 0 aliphatic carbocycles. The van der Waals surface area contributed by atoms with Crippen LogP contribution in [0.1, 0.15) is 32.0 Å². The molecule has 0 spiro atoms. The van der Waals surface area contributed by atoms with Gasteiger partial charge in [0.1, 0.15) is 5.56 Å². The molecule has 0 amide bonds. The average Bonchev–Trinajstić information content (AvgIpc) is 2.56. The lowest BCUT2D eigenvalue weighted by Crippen LogP contribution is -2.19. The number of hydrogen-bond acceptors (Lipinski definition) is 1. The standard InChI is InChI=1S/C12H13F3N2O/c1-11(2,3)10-5-7-4-9(18)8(12(13,14)15)6-17(7)16-10/h4-6,16H,1-3H3. The number of pyridine rings is 1. The second kappa shape index (κ2) is 3.63. The van der Waals surface area contributed by atoms with Gasteiger partial charge in [0.25, 0.3) is 0 Å². The van der Waals surface area contributed by atoms with Gasteiger partial charge >= 0.3 is 6.18 Å². The van der Waals surface area contributed by atoms with Gasteiger partial charge in [0, 0.05) is 23.4 Å². The van der Waals surface area contributed by atoms with Gasteiger partial charge in [-0.2, -0.15) is 13.2 Å². The first kappa shape index (κ1) is 12.7. The summed E-state index contributed by atoms with van der Waals surface area (Å²) in [7, 11) is 0. The molecular formula is C12H13F3N2O. The summed E-state index contributed by atoms with van der Waals surface area (Å²) in [6, 6.07) is 2.68. The largest absolute Gasteiger partial charge is 0.421 e. The summed E-state index contributed by atoms with van der Waals surface area (Å²) in [5, 5.41) is 2.85. The molecule has 0 aliphatic rings.